The average Bonchev–Trinajstić information content (AvgIpc) is 2.57. The maximum absolute atomic E-state index is 12.2. The van der Waals surface area contributed by atoms with Crippen molar-refractivity contribution in [3.63, 3.8) is 0 Å². The minimum Gasteiger partial charge on any atom is -0.457 e. The van der Waals surface area contributed by atoms with Gasteiger partial charge in [-0.25, -0.2) is 13.5 Å². The smallest absolute Gasteiger partial charge is 0.233 e. The van der Waals surface area contributed by atoms with Crippen LogP contribution < -0.4 is 4.74 Å². The number of hydrogen-bond acceptors (Lipinski definition) is 5. The highest BCUT2D eigenvalue weighted by Gasteiger charge is 2.14. The molecule has 0 saturated carbocycles. The molecule has 0 unspecified atom stereocenters. The van der Waals surface area contributed by atoms with E-state index in [1.165, 1.54) is 12.1 Å². The number of halogens is 1. The summed E-state index contributed by atoms with van der Waals surface area (Å²) in [5, 5.41) is 9.98. The van der Waals surface area contributed by atoms with Gasteiger partial charge in [-0.1, -0.05) is 11.6 Å². The highest BCUT2D eigenvalue weighted by molar-refractivity contribution is 7.91. The highest BCUT2D eigenvalue weighted by Crippen LogP contribution is 2.24. The van der Waals surface area contributed by atoms with Crippen molar-refractivity contribution < 1.29 is 23.2 Å². The number of benzene rings is 2. The Labute approximate surface area is 145 Å². The van der Waals surface area contributed by atoms with E-state index in [1.807, 2.05) is 0 Å². The molecule has 0 radical (unpaired) electrons. The van der Waals surface area contributed by atoms with Gasteiger partial charge in [0.25, 0.3) is 0 Å². The fourth-order valence-electron chi connectivity index (χ4n) is 1.94. The Hall–Kier alpha value is -2.09. The zero-order chi connectivity index (χ0) is 17.6. The molecule has 0 spiro atoms. The molecule has 0 bridgehead atoms. The Morgan fingerprint density at radius 2 is 1.58 bits per heavy atom. The number of carbonyl (C=O) groups is 1. The topological polar surface area (TPSA) is 83.9 Å². The number of carbonyl (C=O) groups excluding carboxylic acids is 1. The molecule has 0 aliphatic carbocycles. The molecule has 0 aliphatic rings. The minimum absolute atomic E-state index is 0.0412. The van der Waals surface area contributed by atoms with Crippen molar-refractivity contribution in [3.8, 4) is 11.5 Å². The molecule has 2 aromatic rings. The molecule has 0 aromatic heterocycles. The first-order valence-electron chi connectivity index (χ1n) is 7.08. The number of ether oxygens (including phenoxy) is 1. The van der Waals surface area contributed by atoms with Crippen molar-refractivity contribution >= 4 is 27.8 Å². The van der Waals surface area contributed by atoms with Crippen LogP contribution in [0.25, 0.3) is 0 Å². The van der Waals surface area contributed by atoms with E-state index >= 15 is 0 Å². The van der Waals surface area contributed by atoms with Crippen LogP contribution in [0.1, 0.15) is 6.42 Å². The molecule has 0 heterocycles. The van der Waals surface area contributed by atoms with Crippen LogP contribution >= 0.6 is 11.6 Å². The average molecular weight is 370 g/mol. The van der Waals surface area contributed by atoms with Crippen LogP contribution in [0.2, 0.25) is 5.02 Å². The second-order valence-electron chi connectivity index (χ2n) is 4.97. The predicted octanol–water partition coefficient (Wildman–Crippen LogP) is 3.14. The van der Waals surface area contributed by atoms with Gasteiger partial charge in [-0.05, 0) is 55.0 Å². The fraction of sp³-hybridized carbons (Fsp3) is 0.188. The summed E-state index contributed by atoms with van der Waals surface area (Å²) in [6.07, 6.45) is 0.371. The molecule has 2 aromatic carbocycles. The van der Waals surface area contributed by atoms with Gasteiger partial charge in [0.1, 0.15) is 11.5 Å². The maximum Gasteiger partial charge on any atom is 0.233 e. The predicted molar refractivity (Wildman–Crippen MR) is 89.2 cm³/mol. The van der Waals surface area contributed by atoms with E-state index in [-0.39, 0.29) is 30.0 Å². The molecular formula is C16H16ClNO5S. The van der Waals surface area contributed by atoms with E-state index in [2.05, 4.69) is 0 Å². The minimum atomic E-state index is -3.49. The molecule has 8 heteroatoms. The van der Waals surface area contributed by atoms with Crippen LogP contribution in [0.3, 0.4) is 0 Å². The highest BCUT2D eigenvalue weighted by atomic mass is 35.5. The number of hydrogen-bond donors (Lipinski definition) is 1. The summed E-state index contributed by atoms with van der Waals surface area (Å²) in [6.45, 7) is -0.0412. The normalized spacial score (nSPS) is 11.1. The first-order valence-corrected chi connectivity index (χ1v) is 9.11. The van der Waals surface area contributed by atoms with Crippen LogP contribution in [0.15, 0.2) is 53.4 Å². The van der Waals surface area contributed by atoms with E-state index in [0.29, 0.717) is 21.6 Å². The molecule has 0 fully saturated rings. The first kappa shape index (κ1) is 18.3. The Kier molecular flexibility index (Phi) is 6.19. The van der Waals surface area contributed by atoms with Crippen molar-refractivity contribution in [2.75, 3.05) is 12.3 Å². The van der Waals surface area contributed by atoms with Gasteiger partial charge in [-0.2, -0.15) is 0 Å². The number of hydroxylamine groups is 2. The second-order valence-corrected chi connectivity index (χ2v) is 7.51. The Morgan fingerprint density at radius 3 is 2.12 bits per heavy atom. The third-order valence-electron chi connectivity index (χ3n) is 3.15. The number of nitrogens with zero attached hydrogens (tertiary/aromatic N) is 1. The molecule has 6 nitrogen and oxygen atoms in total. The molecule has 0 saturated heterocycles. The second kappa shape index (κ2) is 8.14. The van der Waals surface area contributed by atoms with Crippen LogP contribution in [0, 0.1) is 0 Å². The van der Waals surface area contributed by atoms with Gasteiger partial charge >= 0.3 is 0 Å². The number of sulfone groups is 1. The van der Waals surface area contributed by atoms with Crippen LogP contribution in [-0.4, -0.2) is 37.4 Å². The molecule has 128 valence electrons. The lowest BCUT2D eigenvalue weighted by atomic mass is 10.3. The van der Waals surface area contributed by atoms with Gasteiger partial charge in [0.05, 0.1) is 10.6 Å². The monoisotopic (exact) mass is 369 g/mol. The van der Waals surface area contributed by atoms with E-state index in [9.17, 15) is 13.2 Å². The Balaban J connectivity index is 1.99. The molecule has 2 rings (SSSR count). The Morgan fingerprint density at radius 1 is 1.04 bits per heavy atom. The zero-order valence-corrected chi connectivity index (χ0v) is 14.2. The maximum atomic E-state index is 12.2. The lowest BCUT2D eigenvalue weighted by molar-refractivity contribution is -0.149. The van der Waals surface area contributed by atoms with Crippen LogP contribution in [0.4, 0.5) is 0 Å². The van der Waals surface area contributed by atoms with Crippen molar-refractivity contribution in [3.05, 3.63) is 53.6 Å². The SMILES string of the molecule is O=CN(O)CCCS(=O)(=O)c1ccc(Oc2ccc(Cl)cc2)cc1. The van der Waals surface area contributed by atoms with Gasteiger partial charge < -0.3 is 4.74 Å². The van der Waals surface area contributed by atoms with Crippen molar-refractivity contribution in [1.82, 2.24) is 5.06 Å². The van der Waals surface area contributed by atoms with Crippen molar-refractivity contribution in [1.29, 1.82) is 0 Å². The van der Waals surface area contributed by atoms with E-state index in [4.69, 9.17) is 21.5 Å². The standard InChI is InChI=1S/C16H16ClNO5S/c17-13-2-4-14(5-3-13)23-15-6-8-16(9-7-15)24(21,22)11-1-10-18(20)12-19/h2-9,12,20H,1,10-11H2. The van der Waals surface area contributed by atoms with Gasteiger partial charge in [0.2, 0.25) is 6.41 Å². The van der Waals surface area contributed by atoms with Gasteiger partial charge in [-0.3, -0.25) is 10.0 Å². The fourth-order valence-corrected chi connectivity index (χ4v) is 3.36. The van der Waals surface area contributed by atoms with Crippen LogP contribution in [-0.2, 0) is 14.6 Å². The van der Waals surface area contributed by atoms with Crippen molar-refractivity contribution in [2.24, 2.45) is 0 Å². The number of amides is 1. The van der Waals surface area contributed by atoms with Gasteiger partial charge in [0.15, 0.2) is 9.84 Å². The molecule has 24 heavy (non-hydrogen) atoms. The van der Waals surface area contributed by atoms with Gasteiger partial charge in [0, 0.05) is 11.6 Å². The summed E-state index contributed by atoms with van der Waals surface area (Å²) in [5.41, 5.74) is 0. The molecule has 0 atom stereocenters. The molecular weight excluding hydrogens is 354 g/mol. The summed E-state index contributed by atoms with van der Waals surface area (Å²) in [7, 11) is -3.49. The number of rotatable bonds is 8. The lowest BCUT2D eigenvalue weighted by Crippen LogP contribution is -2.20. The summed E-state index contributed by atoms with van der Waals surface area (Å²) >= 11 is 5.80. The Bertz CT molecular complexity index is 775. The van der Waals surface area contributed by atoms with Crippen molar-refractivity contribution in [2.45, 2.75) is 11.3 Å². The first-order chi connectivity index (χ1) is 11.4. The lowest BCUT2D eigenvalue weighted by Gasteiger charge is -2.09. The summed E-state index contributed by atoms with van der Waals surface area (Å²) in [6, 6.07) is 12.8. The molecule has 0 aliphatic heterocycles. The summed E-state index contributed by atoms with van der Waals surface area (Å²) in [5.74, 6) is 0.917. The van der Waals surface area contributed by atoms with Gasteiger partial charge in [-0.15, -0.1) is 0 Å². The zero-order valence-electron chi connectivity index (χ0n) is 12.6. The largest absolute Gasteiger partial charge is 0.457 e. The molecule has 1 N–H and O–H groups in total. The summed E-state index contributed by atoms with van der Waals surface area (Å²) in [4.78, 5) is 10.4. The molecule has 1 amide bonds. The van der Waals surface area contributed by atoms with Crippen LogP contribution in [0.5, 0.6) is 11.5 Å². The van der Waals surface area contributed by atoms with E-state index < -0.39 is 9.84 Å². The quantitative estimate of drug-likeness (QED) is 0.439. The van der Waals surface area contributed by atoms with E-state index in [0.717, 1.165) is 0 Å². The summed E-state index contributed by atoms with van der Waals surface area (Å²) < 4.78 is 29.9. The third-order valence-corrected chi connectivity index (χ3v) is 5.22. The van der Waals surface area contributed by atoms with E-state index in [1.54, 1.807) is 36.4 Å². The third kappa shape index (κ3) is 5.23.